The van der Waals surface area contributed by atoms with E-state index in [9.17, 15) is 9.59 Å². The molecule has 0 saturated carbocycles. The number of carbonyl (C=O) groups is 2. The average molecular weight is 300 g/mol. The van der Waals surface area contributed by atoms with Crippen molar-refractivity contribution >= 4 is 34.2 Å². The standard InChI is InChI=1S/C11H9IO2/c1-8(13)7-10(12)11(14)9-5-3-2-4-6-9/h2-7H,1H3/b10-7-. The molecule has 0 unspecified atom stereocenters. The van der Waals surface area contributed by atoms with Crippen molar-refractivity contribution in [2.75, 3.05) is 0 Å². The summed E-state index contributed by atoms with van der Waals surface area (Å²) in [5, 5.41) is 0. The Hall–Kier alpha value is -0.970. The van der Waals surface area contributed by atoms with E-state index in [4.69, 9.17) is 0 Å². The van der Waals surface area contributed by atoms with Gasteiger partial charge < -0.3 is 0 Å². The monoisotopic (exact) mass is 300 g/mol. The van der Waals surface area contributed by atoms with Gasteiger partial charge in [-0.3, -0.25) is 9.59 Å². The van der Waals surface area contributed by atoms with Gasteiger partial charge in [0.15, 0.2) is 11.6 Å². The third-order valence-electron chi connectivity index (χ3n) is 1.58. The van der Waals surface area contributed by atoms with Gasteiger partial charge in [0.25, 0.3) is 0 Å². The lowest BCUT2D eigenvalue weighted by molar-refractivity contribution is -0.112. The third kappa shape index (κ3) is 3.06. The summed E-state index contributed by atoms with van der Waals surface area (Å²) in [6, 6.07) is 8.90. The van der Waals surface area contributed by atoms with Crippen molar-refractivity contribution in [3.8, 4) is 0 Å². The molecule has 0 fully saturated rings. The zero-order valence-corrected chi connectivity index (χ0v) is 9.82. The zero-order chi connectivity index (χ0) is 10.6. The predicted octanol–water partition coefficient (Wildman–Crippen LogP) is 2.78. The fraction of sp³-hybridized carbons (Fsp3) is 0.0909. The summed E-state index contributed by atoms with van der Waals surface area (Å²) in [6.07, 6.45) is 1.34. The average Bonchev–Trinajstić information content (AvgIpc) is 2.17. The summed E-state index contributed by atoms with van der Waals surface area (Å²) in [6.45, 7) is 1.43. The molecular weight excluding hydrogens is 291 g/mol. The lowest BCUT2D eigenvalue weighted by atomic mass is 10.1. The van der Waals surface area contributed by atoms with Crippen LogP contribution >= 0.6 is 22.6 Å². The summed E-state index contributed by atoms with van der Waals surface area (Å²) in [5.41, 5.74) is 0.606. The Bertz CT molecular complexity index is 380. The minimum absolute atomic E-state index is 0.110. The fourth-order valence-corrected chi connectivity index (χ4v) is 1.72. The SMILES string of the molecule is CC(=O)/C=C(\I)C(=O)c1ccccc1. The van der Waals surface area contributed by atoms with Crippen LogP contribution in [-0.4, -0.2) is 11.6 Å². The lowest BCUT2D eigenvalue weighted by Crippen LogP contribution is -1.99. The van der Waals surface area contributed by atoms with E-state index < -0.39 is 0 Å². The first-order valence-electron chi connectivity index (χ1n) is 4.09. The third-order valence-corrected chi connectivity index (χ3v) is 2.38. The molecule has 0 atom stereocenters. The van der Waals surface area contributed by atoms with Crippen molar-refractivity contribution in [1.29, 1.82) is 0 Å². The highest BCUT2D eigenvalue weighted by molar-refractivity contribution is 14.1. The molecule has 0 aliphatic carbocycles. The van der Waals surface area contributed by atoms with E-state index in [1.807, 2.05) is 28.7 Å². The highest BCUT2D eigenvalue weighted by Crippen LogP contribution is 2.14. The van der Waals surface area contributed by atoms with E-state index in [1.165, 1.54) is 13.0 Å². The lowest BCUT2D eigenvalue weighted by Gasteiger charge is -1.97. The minimum Gasteiger partial charge on any atom is -0.295 e. The van der Waals surface area contributed by atoms with Crippen molar-refractivity contribution in [3.63, 3.8) is 0 Å². The molecule has 1 rings (SSSR count). The number of carbonyl (C=O) groups excluding carboxylic acids is 2. The maximum atomic E-state index is 11.7. The van der Waals surface area contributed by atoms with E-state index in [1.54, 1.807) is 24.3 Å². The van der Waals surface area contributed by atoms with E-state index in [0.717, 1.165) is 0 Å². The number of halogens is 1. The number of hydrogen-bond acceptors (Lipinski definition) is 2. The number of allylic oxidation sites excluding steroid dienone is 2. The van der Waals surface area contributed by atoms with Gasteiger partial charge in [0.05, 0.1) is 3.58 Å². The maximum absolute atomic E-state index is 11.7. The molecule has 0 spiro atoms. The molecule has 0 saturated heterocycles. The summed E-state index contributed by atoms with van der Waals surface area (Å²) in [4.78, 5) is 22.4. The Morgan fingerprint density at radius 3 is 2.29 bits per heavy atom. The molecule has 0 aliphatic heterocycles. The Labute approximate surface area is 96.2 Å². The van der Waals surface area contributed by atoms with Crippen LogP contribution in [0.15, 0.2) is 40.0 Å². The van der Waals surface area contributed by atoms with Gasteiger partial charge in [0.1, 0.15) is 0 Å². The van der Waals surface area contributed by atoms with E-state index in [0.29, 0.717) is 9.14 Å². The van der Waals surface area contributed by atoms with Crippen LogP contribution in [0.1, 0.15) is 17.3 Å². The van der Waals surface area contributed by atoms with Crippen LogP contribution in [-0.2, 0) is 4.79 Å². The second-order valence-electron chi connectivity index (χ2n) is 2.80. The first-order chi connectivity index (χ1) is 6.61. The van der Waals surface area contributed by atoms with Gasteiger partial charge in [-0.1, -0.05) is 30.3 Å². The van der Waals surface area contributed by atoms with Gasteiger partial charge >= 0.3 is 0 Å². The second-order valence-corrected chi connectivity index (χ2v) is 3.96. The van der Waals surface area contributed by atoms with Gasteiger partial charge in [0.2, 0.25) is 0 Å². The molecule has 1 aromatic carbocycles. The van der Waals surface area contributed by atoms with Crippen LogP contribution in [0.25, 0.3) is 0 Å². The predicted molar refractivity (Wildman–Crippen MR) is 63.6 cm³/mol. The molecule has 2 nitrogen and oxygen atoms in total. The summed E-state index contributed by atoms with van der Waals surface area (Å²) < 4.78 is 0.446. The molecular formula is C11H9IO2. The van der Waals surface area contributed by atoms with Crippen molar-refractivity contribution in [2.24, 2.45) is 0 Å². The van der Waals surface area contributed by atoms with Crippen molar-refractivity contribution < 1.29 is 9.59 Å². The second kappa shape index (κ2) is 5.05. The summed E-state index contributed by atoms with van der Waals surface area (Å²) in [7, 11) is 0. The molecule has 0 aromatic heterocycles. The smallest absolute Gasteiger partial charge is 0.199 e. The highest BCUT2D eigenvalue weighted by atomic mass is 127. The molecule has 0 N–H and O–H groups in total. The number of ketones is 2. The number of hydrogen-bond donors (Lipinski definition) is 0. The van der Waals surface area contributed by atoms with E-state index in [2.05, 4.69) is 0 Å². The van der Waals surface area contributed by atoms with Crippen molar-refractivity contribution in [1.82, 2.24) is 0 Å². The van der Waals surface area contributed by atoms with E-state index >= 15 is 0 Å². The topological polar surface area (TPSA) is 34.1 Å². The van der Waals surface area contributed by atoms with Crippen LogP contribution < -0.4 is 0 Å². The van der Waals surface area contributed by atoms with Gasteiger partial charge in [-0.15, -0.1) is 0 Å². The molecule has 14 heavy (non-hydrogen) atoms. The van der Waals surface area contributed by atoms with Crippen LogP contribution in [0.3, 0.4) is 0 Å². The molecule has 0 bridgehead atoms. The maximum Gasteiger partial charge on any atom is 0.199 e. The van der Waals surface area contributed by atoms with Gasteiger partial charge in [-0.2, -0.15) is 0 Å². The fourth-order valence-electron chi connectivity index (χ4n) is 0.971. The number of Topliss-reactive ketones (excluding diaryl/α,β-unsaturated/α-hetero) is 1. The Morgan fingerprint density at radius 2 is 1.79 bits per heavy atom. The number of rotatable bonds is 3. The van der Waals surface area contributed by atoms with Crippen LogP contribution in [0, 0.1) is 0 Å². The van der Waals surface area contributed by atoms with Crippen LogP contribution in [0.4, 0.5) is 0 Å². The Morgan fingerprint density at radius 1 is 1.21 bits per heavy atom. The first-order valence-corrected chi connectivity index (χ1v) is 5.16. The van der Waals surface area contributed by atoms with Gasteiger partial charge in [0, 0.05) is 5.56 Å². The molecule has 0 amide bonds. The van der Waals surface area contributed by atoms with Gasteiger partial charge in [-0.25, -0.2) is 0 Å². The highest BCUT2D eigenvalue weighted by Gasteiger charge is 2.08. The largest absolute Gasteiger partial charge is 0.295 e. The first kappa shape index (κ1) is 11.1. The van der Waals surface area contributed by atoms with Crippen LogP contribution in [0.5, 0.6) is 0 Å². The molecule has 3 heteroatoms. The van der Waals surface area contributed by atoms with Crippen molar-refractivity contribution in [2.45, 2.75) is 6.92 Å². The molecule has 1 aromatic rings. The summed E-state index contributed by atoms with van der Waals surface area (Å²) in [5.74, 6) is -0.222. The molecule has 0 aliphatic rings. The summed E-state index contributed by atoms with van der Waals surface area (Å²) >= 11 is 1.88. The quantitative estimate of drug-likeness (QED) is 0.489. The molecule has 0 heterocycles. The zero-order valence-electron chi connectivity index (χ0n) is 7.66. The molecule has 72 valence electrons. The normalized spacial score (nSPS) is 11.1. The van der Waals surface area contributed by atoms with Crippen LogP contribution in [0.2, 0.25) is 0 Å². The molecule has 0 radical (unpaired) electrons. The number of benzene rings is 1. The van der Waals surface area contributed by atoms with Gasteiger partial charge in [-0.05, 0) is 35.6 Å². The Balaban J connectivity index is 2.92. The van der Waals surface area contributed by atoms with E-state index in [-0.39, 0.29) is 11.6 Å². The van der Waals surface area contributed by atoms with Crippen molar-refractivity contribution in [3.05, 3.63) is 45.6 Å². The minimum atomic E-state index is -0.112. The Kier molecular flexibility index (Phi) is 4.00.